The molecule has 0 radical (unpaired) electrons. The Morgan fingerprint density at radius 3 is 2.67 bits per heavy atom. The van der Waals surface area contributed by atoms with Gasteiger partial charge in [0, 0.05) is 19.0 Å². The molecule has 0 aromatic heterocycles. The van der Waals surface area contributed by atoms with Crippen LogP contribution in [0.15, 0.2) is 18.2 Å². The predicted molar refractivity (Wildman–Crippen MR) is 67.1 cm³/mol. The quantitative estimate of drug-likeness (QED) is 0.689. The predicted octanol–water partition coefficient (Wildman–Crippen LogP) is 2.71. The fourth-order valence-electron chi connectivity index (χ4n) is 2.52. The normalized spacial score (nSPS) is 22.3. The third-order valence-corrected chi connectivity index (χ3v) is 3.48. The van der Waals surface area contributed by atoms with Crippen LogP contribution in [0, 0.1) is 11.7 Å². The van der Waals surface area contributed by atoms with Crippen LogP contribution >= 0.6 is 0 Å². The Morgan fingerprint density at radius 2 is 2.05 bits per heavy atom. The van der Waals surface area contributed by atoms with E-state index in [0.29, 0.717) is 19.2 Å². The first-order valence-corrected chi connectivity index (χ1v) is 6.58. The van der Waals surface area contributed by atoms with Gasteiger partial charge in [0.2, 0.25) is 0 Å². The van der Waals surface area contributed by atoms with E-state index in [2.05, 4.69) is 5.32 Å². The molecule has 1 aliphatic heterocycles. The van der Waals surface area contributed by atoms with E-state index in [1.54, 1.807) is 6.92 Å². The summed E-state index contributed by atoms with van der Waals surface area (Å²) in [5.74, 6) is -2.58. The highest BCUT2D eigenvalue weighted by Gasteiger charge is 2.37. The van der Waals surface area contributed by atoms with Crippen molar-refractivity contribution in [3.05, 3.63) is 35.1 Å². The zero-order valence-corrected chi connectivity index (χ0v) is 11.3. The molecule has 1 heterocycles. The van der Waals surface area contributed by atoms with Gasteiger partial charge in [-0.3, -0.25) is 4.79 Å². The number of hydrogen-bond acceptors (Lipinski definition) is 3. The van der Waals surface area contributed by atoms with Crippen LogP contribution in [0.4, 0.5) is 17.6 Å². The van der Waals surface area contributed by atoms with Crippen molar-refractivity contribution in [1.29, 1.82) is 0 Å². The number of carbonyl (C=O) groups is 1. The number of benzene rings is 1. The summed E-state index contributed by atoms with van der Waals surface area (Å²) in [6, 6.07) is 2.39. The van der Waals surface area contributed by atoms with Gasteiger partial charge >= 0.3 is 12.1 Å². The minimum Gasteiger partial charge on any atom is -0.466 e. The number of halogens is 4. The smallest absolute Gasteiger partial charge is 0.416 e. The van der Waals surface area contributed by atoms with Gasteiger partial charge in [-0.15, -0.1) is 0 Å². The van der Waals surface area contributed by atoms with Gasteiger partial charge in [0.05, 0.1) is 18.1 Å². The Kier molecular flexibility index (Phi) is 4.51. The van der Waals surface area contributed by atoms with E-state index in [1.807, 2.05) is 0 Å². The SMILES string of the molecule is CCOC(=O)C1CNCC1c1cc(F)cc(C(F)(F)F)c1. The van der Waals surface area contributed by atoms with Gasteiger partial charge in [0.1, 0.15) is 5.82 Å². The molecule has 1 saturated heterocycles. The van der Waals surface area contributed by atoms with Gasteiger partial charge in [-0.2, -0.15) is 13.2 Å². The van der Waals surface area contributed by atoms with Crippen LogP contribution in [0.1, 0.15) is 24.0 Å². The minimum atomic E-state index is -4.62. The van der Waals surface area contributed by atoms with Crippen molar-refractivity contribution in [3.63, 3.8) is 0 Å². The molecule has 0 aliphatic carbocycles. The van der Waals surface area contributed by atoms with Crippen LogP contribution in [0.3, 0.4) is 0 Å². The zero-order chi connectivity index (χ0) is 15.6. The third kappa shape index (κ3) is 3.53. The topological polar surface area (TPSA) is 38.3 Å². The number of alkyl halides is 3. The van der Waals surface area contributed by atoms with Crippen LogP contribution < -0.4 is 5.32 Å². The Bertz CT molecular complexity index is 530. The van der Waals surface area contributed by atoms with E-state index in [0.717, 1.165) is 12.1 Å². The van der Waals surface area contributed by atoms with Crippen LogP contribution in [0.2, 0.25) is 0 Å². The second kappa shape index (κ2) is 6.01. The number of hydrogen-bond donors (Lipinski definition) is 1. The van der Waals surface area contributed by atoms with Crippen LogP contribution in [0.25, 0.3) is 0 Å². The summed E-state index contributed by atoms with van der Waals surface area (Å²) in [5, 5.41) is 2.93. The molecule has 0 spiro atoms. The lowest BCUT2D eigenvalue weighted by molar-refractivity contribution is -0.147. The fourth-order valence-corrected chi connectivity index (χ4v) is 2.52. The van der Waals surface area contributed by atoms with Crippen molar-refractivity contribution < 1.29 is 27.1 Å². The number of carbonyl (C=O) groups excluding carboxylic acids is 1. The molecule has 1 aliphatic rings. The lowest BCUT2D eigenvalue weighted by Crippen LogP contribution is -2.24. The molecule has 2 rings (SSSR count). The minimum absolute atomic E-state index is 0.158. The summed E-state index contributed by atoms with van der Waals surface area (Å²) >= 11 is 0. The highest BCUT2D eigenvalue weighted by Crippen LogP contribution is 2.35. The first-order chi connectivity index (χ1) is 9.82. The highest BCUT2D eigenvalue weighted by atomic mass is 19.4. The molecule has 3 nitrogen and oxygen atoms in total. The van der Waals surface area contributed by atoms with E-state index in [1.165, 1.54) is 0 Å². The molecular formula is C14H15F4NO2. The van der Waals surface area contributed by atoms with E-state index in [-0.39, 0.29) is 12.2 Å². The molecule has 1 aromatic carbocycles. The van der Waals surface area contributed by atoms with Crippen molar-refractivity contribution in [2.45, 2.75) is 19.0 Å². The van der Waals surface area contributed by atoms with Crippen molar-refractivity contribution in [2.75, 3.05) is 19.7 Å². The summed E-state index contributed by atoms with van der Waals surface area (Å²) in [6.45, 7) is 2.46. The molecular weight excluding hydrogens is 290 g/mol. The van der Waals surface area contributed by atoms with Gasteiger partial charge < -0.3 is 10.1 Å². The number of ether oxygens (including phenoxy) is 1. The van der Waals surface area contributed by atoms with E-state index in [9.17, 15) is 22.4 Å². The summed E-state index contributed by atoms with van der Waals surface area (Å²) in [5.41, 5.74) is -0.891. The van der Waals surface area contributed by atoms with Gasteiger partial charge in [-0.1, -0.05) is 0 Å². The Labute approximate surface area is 119 Å². The molecule has 7 heteroatoms. The molecule has 0 saturated carbocycles. The largest absolute Gasteiger partial charge is 0.466 e. The molecule has 1 fully saturated rings. The van der Waals surface area contributed by atoms with Crippen molar-refractivity contribution >= 4 is 5.97 Å². The van der Waals surface area contributed by atoms with Crippen LogP contribution in [-0.2, 0) is 15.7 Å². The Balaban J connectivity index is 2.32. The molecule has 2 unspecified atom stereocenters. The average molecular weight is 305 g/mol. The lowest BCUT2D eigenvalue weighted by atomic mass is 9.88. The average Bonchev–Trinajstić information content (AvgIpc) is 2.86. The zero-order valence-electron chi connectivity index (χ0n) is 11.3. The third-order valence-electron chi connectivity index (χ3n) is 3.48. The fraction of sp³-hybridized carbons (Fsp3) is 0.500. The molecule has 1 N–H and O–H groups in total. The van der Waals surface area contributed by atoms with E-state index in [4.69, 9.17) is 4.74 Å². The van der Waals surface area contributed by atoms with Crippen molar-refractivity contribution in [3.8, 4) is 0 Å². The molecule has 21 heavy (non-hydrogen) atoms. The first kappa shape index (κ1) is 15.8. The van der Waals surface area contributed by atoms with Gasteiger partial charge in [0.25, 0.3) is 0 Å². The summed E-state index contributed by atoms with van der Waals surface area (Å²) in [7, 11) is 0. The number of nitrogens with one attached hydrogen (secondary N) is 1. The molecule has 1 aromatic rings. The summed E-state index contributed by atoms with van der Waals surface area (Å²) in [6.07, 6.45) is -4.62. The summed E-state index contributed by atoms with van der Waals surface area (Å²) < 4.78 is 56.6. The van der Waals surface area contributed by atoms with E-state index >= 15 is 0 Å². The van der Waals surface area contributed by atoms with Gasteiger partial charge in [0.15, 0.2) is 0 Å². The monoisotopic (exact) mass is 305 g/mol. The maximum atomic E-state index is 13.5. The molecule has 2 atom stereocenters. The molecule has 0 bridgehead atoms. The van der Waals surface area contributed by atoms with Crippen molar-refractivity contribution in [1.82, 2.24) is 5.32 Å². The maximum Gasteiger partial charge on any atom is 0.416 e. The number of esters is 1. The second-order valence-corrected chi connectivity index (χ2v) is 4.89. The Hall–Kier alpha value is -1.63. The summed E-state index contributed by atoms with van der Waals surface area (Å²) in [4.78, 5) is 11.8. The highest BCUT2D eigenvalue weighted by molar-refractivity contribution is 5.74. The molecule has 0 amide bonds. The second-order valence-electron chi connectivity index (χ2n) is 4.89. The van der Waals surface area contributed by atoms with Crippen LogP contribution in [-0.4, -0.2) is 25.7 Å². The first-order valence-electron chi connectivity index (χ1n) is 6.58. The lowest BCUT2D eigenvalue weighted by Gasteiger charge is -2.19. The van der Waals surface area contributed by atoms with Gasteiger partial charge in [-0.25, -0.2) is 4.39 Å². The number of rotatable bonds is 3. The van der Waals surface area contributed by atoms with E-state index < -0.39 is 35.4 Å². The molecule has 116 valence electrons. The standard InChI is InChI=1S/C14H15F4NO2/c1-2-21-13(20)12-7-19-6-11(12)8-3-9(14(16,17)18)5-10(15)4-8/h3-5,11-12,19H,2,6-7H2,1H3. The van der Waals surface area contributed by atoms with Gasteiger partial charge in [-0.05, 0) is 30.7 Å². The van der Waals surface area contributed by atoms with Crippen molar-refractivity contribution in [2.24, 2.45) is 5.92 Å². The maximum absolute atomic E-state index is 13.5. The van der Waals surface area contributed by atoms with Crippen LogP contribution in [0.5, 0.6) is 0 Å². The Morgan fingerprint density at radius 1 is 1.33 bits per heavy atom.